The van der Waals surface area contributed by atoms with Crippen LogP contribution in [0.15, 0.2) is 53.0 Å². The van der Waals surface area contributed by atoms with Crippen molar-refractivity contribution in [1.82, 2.24) is 5.32 Å². The van der Waals surface area contributed by atoms with E-state index in [0.717, 1.165) is 15.7 Å². The fraction of sp³-hybridized carbons (Fsp3) is 0.222. The van der Waals surface area contributed by atoms with E-state index in [1.165, 1.54) is 6.92 Å². The molecule has 0 aliphatic carbocycles. The molecule has 0 aromatic heterocycles. The van der Waals surface area contributed by atoms with Crippen molar-refractivity contribution < 1.29 is 9.59 Å². The highest BCUT2D eigenvalue weighted by Crippen LogP contribution is 2.27. The van der Waals surface area contributed by atoms with Gasteiger partial charge in [-0.1, -0.05) is 24.3 Å². The van der Waals surface area contributed by atoms with Gasteiger partial charge in [0.05, 0.1) is 5.69 Å². The highest BCUT2D eigenvalue weighted by Gasteiger charge is 2.15. The van der Waals surface area contributed by atoms with E-state index in [-0.39, 0.29) is 11.8 Å². The maximum atomic E-state index is 12.0. The second-order valence-corrected chi connectivity index (χ2v) is 6.10. The van der Waals surface area contributed by atoms with Crippen molar-refractivity contribution in [2.45, 2.75) is 13.8 Å². The average Bonchev–Trinajstić information content (AvgIpc) is 2.53. The quantitative estimate of drug-likeness (QED) is 0.869. The maximum absolute atomic E-state index is 12.0. The second-order valence-electron chi connectivity index (χ2n) is 5.25. The van der Waals surface area contributed by atoms with Crippen LogP contribution in [0, 0.1) is 6.92 Å². The molecule has 120 valence electrons. The number of nitrogens with zero attached hydrogens (tertiary/aromatic N) is 1. The van der Waals surface area contributed by atoms with E-state index in [0.29, 0.717) is 18.7 Å². The molecule has 0 spiro atoms. The maximum Gasteiger partial charge on any atom is 0.251 e. The number of benzene rings is 2. The first-order valence-corrected chi connectivity index (χ1v) is 8.16. The van der Waals surface area contributed by atoms with Crippen LogP contribution in [0.25, 0.3) is 0 Å². The molecule has 0 saturated heterocycles. The molecule has 0 fully saturated rings. The molecule has 0 bridgehead atoms. The van der Waals surface area contributed by atoms with E-state index in [1.807, 2.05) is 43.3 Å². The molecule has 0 saturated carbocycles. The molecule has 2 aromatic carbocycles. The van der Waals surface area contributed by atoms with Crippen molar-refractivity contribution in [3.8, 4) is 0 Å². The summed E-state index contributed by atoms with van der Waals surface area (Å²) in [6.07, 6.45) is 0. The number of amides is 2. The minimum absolute atomic E-state index is 0.0662. The smallest absolute Gasteiger partial charge is 0.251 e. The number of hydrogen-bond donors (Lipinski definition) is 1. The van der Waals surface area contributed by atoms with Gasteiger partial charge in [0.2, 0.25) is 5.91 Å². The van der Waals surface area contributed by atoms with Crippen molar-refractivity contribution in [2.24, 2.45) is 0 Å². The number of carbonyl (C=O) groups excluding carboxylic acids is 2. The van der Waals surface area contributed by atoms with E-state index < -0.39 is 0 Å². The van der Waals surface area contributed by atoms with Gasteiger partial charge in [-0.25, -0.2) is 0 Å². The van der Waals surface area contributed by atoms with Crippen molar-refractivity contribution in [1.29, 1.82) is 0 Å². The minimum Gasteiger partial charge on any atom is -0.350 e. The van der Waals surface area contributed by atoms with Crippen LogP contribution in [0.3, 0.4) is 0 Å². The molecule has 2 rings (SSSR count). The van der Waals surface area contributed by atoms with Crippen molar-refractivity contribution >= 4 is 33.4 Å². The van der Waals surface area contributed by atoms with Gasteiger partial charge < -0.3 is 10.2 Å². The lowest BCUT2D eigenvalue weighted by Crippen LogP contribution is -2.37. The Kier molecular flexibility index (Phi) is 5.93. The molecular formula is C18H19BrN2O2. The Hall–Kier alpha value is -2.14. The van der Waals surface area contributed by atoms with Gasteiger partial charge in [-0.2, -0.15) is 0 Å². The molecule has 5 heteroatoms. The van der Waals surface area contributed by atoms with Gasteiger partial charge in [-0.05, 0) is 52.7 Å². The van der Waals surface area contributed by atoms with E-state index in [4.69, 9.17) is 0 Å². The van der Waals surface area contributed by atoms with Crippen LogP contribution in [0.1, 0.15) is 22.8 Å². The third kappa shape index (κ3) is 4.66. The molecule has 2 aromatic rings. The number of hydrogen-bond acceptors (Lipinski definition) is 2. The summed E-state index contributed by atoms with van der Waals surface area (Å²) >= 11 is 3.49. The van der Waals surface area contributed by atoms with Gasteiger partial charge in [0.25, 0.3) is 5.91 Å². The zero-order valence-electron chi connectivity index (χ0n) is 13.2. The molecule has 4 nitrogen and oxygen atoms in total. The Morgan fingerprint density at radius 3 is 2.43 bits per heavy atom. The number of rotatable bonds is 5. The normalized spacial score (nSPS) is 10.2. The number of halogens is 1. The molecule has 0 aliphatic rings. The summed E-state index contributed by atoms with van der Waals surface area (Å²) in [5, 5.41) is 2.84. The highest BCUT2D eigenvalue weighted by atomic mass is 79.9. The van der Waals surface area contributed by atoms with Crippen LogP contribution >= 0.6 is 15.9 Å². The molecule has 1 N–H and O–H groups in total. The predicted molar refractivity (Wildman–Crippen MR) is 95.7 cm³/mol. The van der Waals surface area contributed by atoms with Crippen LogP contribution in [0.4, 0.5) is 5.69 Å². The number of nitrogens with one attached hydrogen (secondary N) is 1. The van der Waals surface area contributed by atoms with E-state index in [1.54, 1.807) is 17.0 Å². The van der Waals surface area contributed by atoms with Crippen molar-refractivity contribution in [2.75, 3.05) is 18.0 Å². The number of carbonyl (C=O) groups is 2. The van der Waals surface area contributed by atoms with Gasteiger partial charge in [0, 0.05) is 30.0 Å². The molecule has 0 radical (unpaired) electrons. The predicted octanol–water partition coefficient (Wildman–Crippen LogP) is 3.54. The summed E-state index contributed by atoms with van der Waals surface area (Å²) in [4.78, 5) is 25.6. The summed E-state index contributed by atoms with van der Waals surface area (Å²) in [6, 6.07) is 14.8. The summed E-state index contributed by atoms with van der Waals surface area (Å²) in [5.74, 6) is -0.208. The largest absolute Gasteiger partial charge is 0.350 e. The highest BCUT2D eigenvalue weighted by molar-refractivity contribution is 9.10. The lowest BCUT2D eigenvalue weighted by Gasteiger charge is -2.23. The molecule has 0 aliphatic heterocycles. The zero-order chi connectivity index (χ0) is 16.8. The fourth-order valence-electron chi connectivity index (χ4n) is 2.25. The van der Waals surface area contributed by atoms with Gasteiger partial charge >= 0.3 is 0 Å². The number of anilines is 1. The summed E-state index contributed by atoms with van der Waals surface area (Å²) in [6.45, 7) is 4.31. The van der Waals surface area contributed by atoms with Gasteiger partial charge in [-0.15, -0.1) is 0 Å². The Morgan fingerprint density at radius 2 is 1.83 bits per heavy atom. The van der Waals surface area contributed by atoms with E-state index >= 15 is 0 Å². The first-order chi connectivity index (χ1) is 11.0. The Labute approximate surface area is 144 Å². The fourth-order valence-corrected chi connectivity index (χ4v) is 2.96. The topological polar surface area (TPSA) is 49.4 Å². The molecule has 0 heterocycles. The molecular weight excluding hydrogens is 356 g/mol. The van der Waals surface area contributed by atoms with Gasteiger partial charge in [-0.3, -0.25) is 9.59 Å². The SMILES string of the molecule is CC(=O)N(CCNC(=O)c1ccccc1)c1ccc(C)cc1Br. The standard InChI is InChI=1S/C18H19BrN2O2/c1-13-8-9-17(16(19)12-13)21(14(2)22)11-10-20-18(23)15-6-4-3-5-7-15/h3-9,12H,10-11H2,1-2H3,(H,20,23). The minimum atomic E-state index is -0.142. The first kappa shape index (κ1) is 17.2. The molecule has 0 atom stereocenters. The van der Waals surface area contributed by atoms with Crippen LogP contribution in [-0.4, -0.2) is 24.9 Å². The van der Waals surface area contributed by atoms with Gasteiger partial charge in [0.1, 0.15) is 0 Å². The lowest BCUT2D eigenvalue weighted by molar-refractivity contribution is -0.116. The first-order valence-electron chi connectivity index (χ1n) is 7.36. The van der Waals surface area contributed by atoms with E-state index in [2.05, 4.69) is 21.2 Å². The molecule has 23 heavy (non-hydrogen) atoms. The van der Waals surface area contributed by atoms with Gasteiger partial charge in [0.15, 0.2) is 0 Å². The molecule has 2 amide bonds. The van der Waals surface area contributed by atoms with Crippen molar-refractivity contribution in [3.63, 3.8) is 0 Å². The summed E-state index contributed by atoms with van der Waals surface area (Å²) in [5.41, 5.74) is 2.52. The third-order valence-corrected chi connectivity index (χ3v) is 4.07. The average molecular weight is 375 g/mol. The van der Waals surface area contributed by atoms with Crippen LogP contribution in [0.2, 0.25) is 0 Å². The number of aryl methyl sites for hydroxylation is 1. The monoisotopic (exact) mass is 374 g/mol. The van der Waals surface area contributed by atoms with E-state index in [9.17, 15) is 9.59 Å². The van der Waals surface area contributed by atoms with Crippen molar-refractivity contribution in [3.05, 3.63) is 64.1 Å². The Balaban J connectivity index is 2.01. The van der Waals surface area contributed by atoms with Crippen LogP contribution in [-0.2, 0) is 4.79 Å². The molecule has 0 unspecified atom stereocenters. The Morgan fingerprint density at radius 1 is 1.13 bits per heavy atom. The van der Waals surface area contributed by atoms with Crippen LogP contribution in [0.5, 0.6) is 0 Å². The second kappa shape index (κ2) is 7.92. The summed E-state index contributed by atoms with van der Waals surface area (Å²) in [7, 11) is 0. The van der Waals surface area contributed by atoms with Crippen LogP contribution < -0.4 is 10.2 Å². The lowest BCUT2D eigenvalue weighted by atomic mass is 10.2. The Bertz CT molecular complexity index is 701. The third-order valence-electron chi connectivity index (χ3n) is 3.43. The zero-order valence-corrected chi connectivity index (χ0v) is 14.8. The summed E-state index contributed by atoms with van der Waals surface area (Å²) < 4.78 is 0.863.